The minimum absolute atomic E-state index is 0.0447. The molecule has 0 bridgehead atoms. The Kier molecular flexibility index (Phi) is 4.37. The van der Waals surface area contributed by atoms with Crippen LogP contribution in [0.2, 0.25) is 0 Å². The van der Waals surface area contributed by atoms with Gasteiger partial charge in [-0.1, -0.05) is 0 Å². The fourth-order valence-electron chi connectivity index (χ4n) is 2.30. The van der Waals surface area contributed by atoms with Crippen LogP contribution in [-0.4, -0.2) is 30.4 Å². The molecule has 1 aliphatic heterocycles. The first-order valence-electron chi connectivity index (χ1n) is 6.52. The highest BCUT2D eigenvalue weighted by molar-refractivity contribution is 5.78. The van der Waals surface area contributed by atoms with Gasteiger partial charge >= 0.3 is 6.18 Å². The van der Waals surface area contributed by atoms with E-state index in [2.05, 4.69) is 0 Å². The first-order valence-corrected chi connectivity index (χ1v) is 6.52. The SMILES string of the molecule is NCC1CCN(C(=O)Cc2cc(C(F)(F)F)co2)CC1. The monoisotopic (exact) mass is 290 g/mol. The van der Waals surface area contributed by atoms with E-state index in [1.54, 1.807) is 4.90 Å². The summed E-state index contributed by atoms with van der Waals surface area (Å²) in [6.45, 7) is 1.82. The molecule has 0 unspecified atom stereocenters. The number of hydrogen-bond donors (Lipinski definition) is 1. The molecule has 0 radical (unpaired) electrons. The Morgan fingerprint density at radius 2 is 2.05 bits per heavy atom. The molecule has 7 heteroatoms. The van der Waals surface area contributed by atoms with Crippen LogP contribution in [-0.2, 0) is 17.4 Å². The number of furan rings is 1. The Morgan fingerprint density at radius 1 is 1.40 bits per heavy atom. The van der Waals surface area contributed by atoms with E-state index in [0.29, 0.717) is 31.8 Å². The van der Waals surface area contributed by atoms with Gasteiger partial charge in [0, 0.05) is 13.1 Å². The molecule has 2 N–H and O–H groups in total. The fraction of sp³-hybridized carbons (Fsp3) is 0.615. The van der Waals surface area contributed by atoms with Crippen molar-refractivity contribution < 1.29 is 22.4 Å². The largest absolute Gasteiger partial charge is 0.468 e. The van der Waals surface area contributed by atoms with Gasteiger partial charge in [0.2, 0.25) is 5.91 Å². The quantitative estimate of drug-likeness (QED) is 0.926. The summed E-state index contributed by atoms with van der Waals surface area (Å²) in [7, 11) is 0. The summed E-state index contributed by atoms with van der Waals surface area (Å²) in [6.07, 6.45) is -2.25. The molecular formula is C13H17F3N2O2. The minimum atomic E-state index is -4.44. The smallest absolute Gasteiger partial charge is 0.419 e. The Hall–Kier alpha value is -1.50. The number of halogens is 3. The van der Waals surface area contributed by atoms with Crippen molar-refractivity contribution in [3.8, 4) is 0 Å². The van der Waals surface area contributed by atoms with Crippen LogP contribution in [0.5, 0.6) is 0 Å². The molecule has 0 aromatic carbocycles. The Morgan fingerprint density at radius 3 is 2.55 bits per heavy atom. The van der Waals surface area contributed by atoms with E-state index in [0.717, 1.165) is 18.9 Å². The first kappa shape index (κ1) is 14.9. The molecule has 1 aliphatic rings. The van der Waals surface area contributed by atoms with E-state index >= 15 is 0 Å². The second-order valence-electron chi connectivity index (χ2n) is 5.04. The van der Waals surface area contributed by atoms with Gasteiger partial charge in [0.15, 0.2) is 0 Å². The Bertz CT molecular complexity index is 462. The van der Waals surface area contributed by atoms with Crippen LogP contribution in [0.1, 0.15) is 24.2 Å². The van der Waals surface area contributed by atoms with Gasteiger partial charge in [-0.15, -0.1) is 0 Å². The molecule has 112 valence electrons. The molecule has 0 atom stereocenters. The molecule has 20 heavy (non-hydrogen) atoms. The first-order chi connectivity index (χ1) is 9.40. The minimum Gasteiger partial charge on any atom is -0.468 e. The van der Waals surface area contributed by atoms with Gasteiger partial charge in [-0.25, -0.2) is 0 Å². The van der Waals surface area contributed by atoms with Crippen molar-refractivity contribution in [2.45, 2.75) is 25.4 Å². The van der Waals surface area contributed by atoms with Crippen LogP contribution in [0.25, 0.3) is 0 Å². The number of alkyl halides is 3. The lowest BCUT2D eigenvalue weighted by molar-refractivity contribution is -0.138. The molecule has 2 rings (SSSR count). The highest BCUT2D eigenvalue weighted by Crippen LogP contribution is 2.30. The lowest BCUT2D eigenvalue weighted by Crippen LogP contribution is -2.40. The van der Waals surface area contributed by atoms with Crippen molar-refractivity contribution in [3.05, 3.63) is 23.7 Å². The normalized spacial score (nSPS) is 17.5. The summed E-state index contributed by atoms with van der Waals surface area (Å²) in [5.74, 6) is 0.270. The second-order valence-corrected chi connectivity index (χ2v) is 5.04. The lowest BCUT2D eigenvalue weighted by atomic mass is 9.97. The zero-order valence-corrected chi connectivity index (χ0v) is 10.9. The predicted octanol–water partition coefficient (Wildman–Crippen LogP) is 2.04. The number of nitrogens with two attached hydrogens (primary N) is 1. The van der Waals surface area contributed by atoms with Gasteiger partial charge in [-0.3, -0.25) is 4.79 Å². The molecule has 4 nitrogen and oxygen atoms in total. The van der Waals surface area contributed by atoms with Gasteiger partial charge in [0.25, 0.3) is 0 Å². The van der Waals surface area contributed by atoms with E-state index in [-0.39, 0.29) is 18.1 Å². The molecule has 0 saturated carbocycles. The van der Waals surface area contributed by atoms with Crippen LogP contribution in [0, 0.1) is 5.92 Å². The van der Waals surface area contributed by atoms with Gasteiger partial charge in [-0.2, -0.15) is 13.2 Å². The zero-order valence-electron chi connectivity index (χ0n) is 10.9. The second kappa shape index (κ2) is 5.87. The number of hydrogen-bond acceptors (Lipinski definition) is 3. The van der Waals surface area contributed by atoms with E-state index in [1.165, 1.54) is 0 Å². The third kappa shape index (κ3) is 3.53. The molecule has 1 aromatic rings. The standard InChI is InChI=1S/C13H17F3N2O2/c14-13(15,16)10-5-11(20-8-10)6-12(19)18-3-1-9(7-17)2-4-18/h5,8-9H,1-4,6-7,17H2. The molecule has 2 heterocycles. The van der Waals surface area contributed by atoms with Crippen LogP contribution in [0.4, 0.5) is 13.2 Å². The fourth-order valence-corrected chi connectivity index (χ4v) is 2.30. The summed E-state index contributed by atoms with van der Waals surface area (Å²) >= 11 is 0. The van der Waals surface area contributed by atoms with E-state index < -0.39 is 11.7 Å². The van der Waals surface area contributed by atoms with Crippen LogP contribution >= 0.6 is 0 Å². The summed E-state index contributed by atoms with van der Waals surface area (Å²) < 4.78 is 42.0. The Labute approximate surface area is 114 Å². The average Bonchev–Trinajstić information content (AvgIpc) is 2.87. The van der Waals surface area contributed by atoms with Crippen LogP contribution in [0.3, 0.4) is 0 Å². The van der Waals surface area contributed by atoms with Crippen molar-refractivity contribution in [1.82, 2.24) is 4.90 Å². The molecule has 1 fully saturated rings. The zero-order chi connectivity index (χ0) is 14.8. The maximum Gasteiger partial charge on any atom is 0.419 e. The number of likely N-dealkylation sites (tertiary alicyclic amines) is 1. The van der Waals surface area contributed by atoms with Crippen molar-refractivity contribution in [2.24, 2.45) is 11.7 Å². The van der Waals surface area contributed by atoms with E-state index in [4.69, 9.17) is 10.2 Å². The molecular weight excluding hydrogens is 273 g/mol. The Balaban J connectivity index is 1.90. The number of carbonyl (C=O) groups excluding carboxylic acids is 1. The topological polar surface area (TPSA) is 59.5 Å². The molecule has 1 amide bonds. The van der Waals surface area contributed by atoms with Crippen LogP contribution in [0.15, 0.2) is 16.7 Å². The third-order valence-electron chi connectivity index (χ3n) is 3.61. The number of nitrogens with zero attached hydrogens (tertiary/aromatic N) is 1. The summed E-state index contributed by atoms with van der Waals surface area (Å²) in [5.41, 5.74) is 4.71. The van der Waals surface area contributed by atoms with Gasteiger partial charge < -0.3 is 15.1 Å². The molecule has 0 spiro atoms. The highest BCUT2D eigenvalue weighted by Gasteiger charge is 2.33. The molecule has 0 aliphatic carbocycles. The van der Waals surface area contributed by atoms with Crippen molar-refractivity contribution in [3.63, 3.8) is 0 Å². The number of rotatable bonds is 3. The highest BCUT2D eigenvalue weighted by atomic mass is 19.4. The molecule has 1 saturated heterocycles. The van der Waals surface area contributed by atoms with Gasteiger partial charge in [-0.05, 0) is 31.4 Å². The van der Waals surface area contributed by atoms with Crippen molar-refractivity contribution >= 4 is 5.91 Å². The van der Waals surface area contributed by atoms with Crippen molar-refractivity contribution in [2.75, 3.05) is 19.6 Å². The summed E-state index contributed by atoms with van der Waals surface area (Å²) in [5, 5.41) is 0. The number of carbonyl (C=O) groups is 1. The third-order valence-corrected chi connectivity index (χ3v) is 3.61. The maximum atomic E-state index is 12.4. The summed E-state index contributed by atoms with van der Waals surface area (Å²) in [4.78, 5) is 13.6. The van der Waals surface area contributed by atoms with Crippen molar-refractivity contribution in [1.29, 1.82) is 0 Å². The summed E-state index contributed by atoms with van der Waals surface area (Å²) in [6, 6.07) is 0.879. The molecule has 1 aromatic heterocycles. The number of piperidine rings is 1. The van der Waals surface area contributed by atoms with Crippen LogP contribution < -0.4 is 5.73 Å². The predicted molar refractivity (Wildman–Crippen MR) is 65.8 cm³/mol. The van der Waals surface area contributed by atoms with Gasteiger partial charge in [0.05, 0.1) is 12.0 Å². The van der Waals surface area contributed by atoms with Gasteiger partial charge in [0.1, 0.15) is 12.0 Å². The maximum absolute atomic E-state index is 12.4. The average molecular weight is 290 g/mol. The number of amides is 1. The lowest BCUT2D eigenvalue weighted by Gasteiger charge is -2.31. The van der Waals surface area contributed by atoms with E-state index in [1.807, 2.05) is 0 Å². The van der Waals surface area contributed by atoms with E-state index in [9.17, 15) is 18.0 Å².